The van der Waals surface area contributed by atoms with Crippen molar-refractivity contribution in [3.63, 3.8) is 0 Å². The summed E-state index contributed by atoms with van der Waals surface area (Å²) in [7, 11) is 0. The van der Waals surface area contributed by atoms with E-state index in [0.717, 1.165) is 47.4 Å². The van der Waals surface area contributed by atoms with Crippen LogP contribution in [0.4, 0.5) is 11.4 Å². The number of hydrogen-bond acceptors (Lipinski definition) is 3. The summed E-state index contributed by atoms with van der Waals surface area (Å²) >= 11 is 6.38. The maximum absolute atomic E-state index is 6.38. The van der Waals surface area contributed by atoms with E-state index >= 15 is 0 Å². The molecule has 0 saturated heterocycles. The summed E-state index contributed by atoms with van der Waals surface area (Å²) in [5.41, 5.74) is 9.67. The van der Waals surface area contributed by atoms with Gasteiger partial charge in [-0.05, 0) is 39.0 Å². The molecule has 0 atom stereocenters. The molecule has 2 rings (SSSR count). The number of nitrogens with two attached hydrogens (primary N) is 1. The Hall–Kier alpha value is -1.68. The molecule has 1 aromatic carbocycles. The third kappa shape index (κ3) is 2.90. The predicted molar refractivity (Wildman–Crippen MR) is 85.2 cm³/mol. The molecule has 0 spiro atoms. The van der Waals surface area contributed by atoms with Gasteiger partial charge in [0.05, 0.1) is 23.0 Å². The van der Waals surface area contributed by atoms with Crippen molar-refractivity contribution in [3.05, 3.63) is 40.7 Å². The molecule has 0 aliphatic carbocycles. The number of nitrogens with zero attached hydrogens (tertiary/aromatic N) is 3. The topological polar surface area (TPSA) is 47.1 Å². The van der Waals surface area contributed by atoms with E-state index in [1.54, 1.807) is 0 Å². The lowest BCUT2D eigenvalue weighted by molar-refractivity contribution is 0.608. The summed E-state index contributed by atoms with van der Waals surface area (Å²) in [6.45, 7) is 8.56. The minimum Gasteiger partial charge on any atom is -0.399 e. The molecular weight excluding hydrogens is 272 g/mol. The summed E-state index contributed by atoms with van der Waals surface area (Å²) in [5.74, 6) is 0. The maximum Gasteiger partial charge on any atom is 0.0865 e. The second kappa shape index (κ2) is 6.18. The smallest absolute Gasteiger partial charge is 0.0865 e. The minimum atomic E-state index is 0.730. The van der Waals surface area contributed by atoms with Crippen LogP contribution in [0, 0.1) is 6.92 Å². The van der Waals surface area contributed by atoms with Crippen LogP contribution in [0.25, 0.3) is 0 Å². The lowest BCUT2D eigenvalue weighted by Gasteiger charge is -2.24. The highest BCUT2D eigenvalue weighted by Gasteiger charge is 2.15. The van der Waals surface area contributed by atoms with E-state index in [9.17, 15) is 0 Å². The van der Waals surface area contributed by atoms with Gasteiger partial charge in [0.2, 0.25) is 0 Å². The highest BCUT2D eigenvalue weighted by Crippen LogP contribution is 2.25. The molecule has 1 aromatic heterocycles. The van der Waals surface area contributed by atoms with Crippen LogP contribution < -0.4 is 10.6 Å². The van der Waals surface area contributed by atoms with Crippen LogP contribution in [0.1, 0.15) is 25.2 Å². The van der Waals surface area contributed by atoms with Crippen LogP contribution in [-0.2, 0) is 13.1 Å². The lowest BCUT2D eigenvalue weighted by atomic mass is 10.2. The minimum absolute atomic E-state index is 0.730. The van der Waals surface area contributed by atoms with Gasteiger partial charge in [0.1, 0.15) is 0 Å². The van der Waals surface area contributed by atoms with Crippen molar-refractivity contribution in [2.24, 2.45) is 0 Å². The van der Waals surface area contributed by atoms with Gasteiger partial charge in [-0.2, -0.15) is 5.10 Å². The second-order valence-electron chi connectivity index (χ2n) is 4.77. The van der Waals surface area contributed by atoms with Crippen molar-refractivity contribution < 1.29 is 0 Å². The zero-order valence-corrected chi connectivity index (χ0v) is 13.0. The first-order valence-electron chi connectivity index (χ1n) is 6.89. The van der Waals surface area contributed by atoms with Gasteiger partial charge in [0.15, 0.2) is 0 Å². The molecule has 1 heterocycles. The summed E-state index contributed by atoms with van der Waals surface area (Å²) in [5, 5.41) is 5.22. The van der Waals surface area contributed by atoms with Crippen molar-refractivity contribution in [3.8, 4) is 0 Å². The number of rotatable bonds is 5. The fourth-order valence-corrected chi connectivity index (χ4v) is 2.50. The van der Waals surface area contributed by atoms with Gasteiger partial charge >= 0.3 is 0 Å². The third-order valence-electron chi connectivity index (χ3n) is 3.41. The molecule has 0 aliphatic rings. The van der Waals surface area contributed by atoms with Crippen molar-refractivity contribution in [2.45, 2.75) is 33.9 Å². The second-order valence-corrected chi connectivity index (χ2v) is 5.15. The number of anilines is 2. The van der Waals surface area contributed by atoms with Crippen LogP contribution in [0.15, 0.2) is 24.3 Å². The summed E-state index contributed by atoms with van der Waals surface area (Å²) in [4.78, 5) is 2.24. The van der Waals surface area contributed by atoms with Crippen LogP contribution in [0.2, 0.25) is 5.02 Å². The first-order chi connectivity index (χ1) is 9.56. The maximum atomic E-state index is 6.38. The Bertz CT molecular complexity index is 592. The largest absolute Gasteiger partial charge is 0.399 e. The summed E-state index contributed by atoms with van der Waals surface area (Å²) in [6.07, 6.45) is 0. The normalized spacial score (nSPS) is 10.8. The predicted octanol–water partition coefficient (Wildman–Crippen LogP) is 3.47. The van der Waals surface area contributed by atoms with Crippen LogP contribution in [0.5, 0.6) is 0 Å². The highest BCUT2D eigenvalue weighted by molar-refractivity contribution is 6.31. The number of halogens is 1. The van der Waals surface area contributed by atoms with Gasteiger partial charge in [-0.3, -0.25) is 4.68 Å². The molecule has 2 aromatic rings. The fraction of sp³-hybridized carbons (Fsp3) is 0.400. The van der Waals surface area contributed by atoms with E-state index in [0.29, 0.717) is 0 Å². The number of aryl methyl sites for hydroxylation is 2. The van der Waals surface area contributed by atoms with Crippen LogP contribution >= 0.6 is 11.6 Å². The quantitative estimate of drug-likeness (QED) is 0.858. The van der Waals surface area contributed by atoms with Crippen LogP contribution in [0.3, 0.4) is 0 Å². The van der Waals surface area contributed by atoms with E-state index in [2.05, 4.69) is 29.9 Å². The zero-order chi connectivity index (χ0) is 14.7. The number of hydrogen-bond donors (Lipinski definition) is 1. The Balaban J connectivity index is 2.31. The molecule has 0 bridgehead atoms. The molecule has 0 fully saturated rings. The van der Waals surface area contributed by atoms with Gasteiger partial charge < -0.3 is 10.6 Å². The van der Waals surface area contributed by atoms with E-state index in [1.165, 1.54) is 0 Å². The Labute approximate surface area is 125 Å². The molecule has 0 radical (unpaired) electrons. The molecule has 0 aliphatic heterocycles. The summed E-state index contributed by atoms with van der Waals surface area (Å²) < 4.78 is 1.96. The molecule has 0 unspecified atom stereocenters. The van der Waals surface area contributed by atoms with Gasteiger partial charge in [0.25, 0.3) is 0 Å². The molecule has 5 heteroatoms. The first kappa shape index (κ1) is 14.7. The number of nitrogen functional groups attached to an aromatic ring is 1. The highest BCUT2D eigenvalue weighted by atomic mass is 35.5. The Morgan fingerprint density at radius 1 is 1.35 bits per heavy atom. The van der Waals surface area contributed by atoms with E-state index in [4.69, 9.17) is 17.3 Å². The summed E-state index contributed by atoms with van der Waals surface area (Å²) in [6, 6.07) is 7.91. The van der Waals surface area contributed by atoms with E-state index < -0.39 is 0 Å². The Morgan fingerprint density at radius 2 is 2.10 bits per heavy atom. The number of aromatic nitrogens is 2. The molecule has 0 amide bonds. The van der Waals surface area contributed by atoms with Gasteiger partial charge in [-0.1, -0.05) is 17.7 Å². The molecule has 2 N–H and O–H groups in total. The zero-order valence-electron chi connectivity index (χ0n) is 12.2. The van der Waals surface area contributed by atoms with Gasteiger partial charge in [0, 0.05) is 24.5 Å². The van der Waals surface area contributed by atoms with Crippen LogP contribution in [-0.4, -0.2) is 16.3 Å². The third-order valence-corrected chi connectivity index (χ3v) is 3.90. The molecule has 20 heavy (non-hydrogen) atoms. The molecule has 0 saturated carbocycles. The SMILES string of the molecule is CCN(Cc1c(Cl)c(C)nn1CC)c1cccc(N)c1. The van der Waals surface area contributed by atoms with Crippen molar-refractivity contribution in [1.29, 1.82) is 0 Å². The standard InChI is InChI=1S/C15H21ClN4/c1-4-19(13-8-6-7-12(17)9-13)10-14-15(16)11(3)18-20(14)5-2/h6-9H,4-5,10,17H2,1-3H3. The number of benzene rings is 1. The van der Waals surface area contributed by atoms with Gasteiger partial charge in [-0.15, -0.1) is 0 Å². The van der Waals surface area contributed by atoms with E-state index in [1.807, 2.05) is 29.8 Å². The Morgan fingerprint density at radius 3 is 2.70 bits per heavy atom. The average Bonchev–Trinajstić information content (AvgIpc) is 2.71. The monoisotopic (exact) mass is 292 g/mol. The van der Waals surface area contributed by atoms with Crippen molar-refractivity contribution in [2.75, 3.05) is 17.2 Å². The van der Waals surface area contributed by atoms with Crippen molar-refractivity contribution >= 4 is 23.0 Å². The molecule has 4 nitrogen and oxygen atoms in total. The van der Waals surface area contributed by atoms with E-state index in [-0.39, 0.29) is 0 Å². The molecular formula is C15H21ClN4. The fourth-order valence-electron chi connectivity index (χ4n) is 2.31. The molecule has 108 valence electrons. The van der Waals surface area contributed by atoms with Crippen molar-refractivity contribution in [1.82, 2.24) is 9.78 Å². The first-order valence-corrected chi connectivity index (χ1v) is 7.26. The average molecular weight is 293 g/mol. The lowest BCUT2D eigenvalue weighted by Crippen LogP contribution is -2.24. The Kier molecular flexibility index (Phi) is 4.55. The van der Waals surface area contributed by atoms with Gasteiger partial charge in [-0.25, -0.2) is 0 Å².